The van der Waals surface area contributed by atoms with Crippen molar-refractivity contribution in [1.29, 1.82) is 0 Å². The number of hydrogen-bond acceptors (Lipinski definition) is 22. The largest absolute Gasteiger partial charge is 0.480 e. The summed E-state index contributed by atoms with van der Waals surface area (Å²) in [4.78, 5) is 215. The van der Waals surface area contributed by atoms with E-state index in [-0.39, 0.29) is 50.6 Å². The number of unbranched alkanes of at least 4 members (excludes halogenated alkanes) is 1. The van der Waals surface area contributed by atoms with Gasteiger partial charge in [0.05, 0.1) is 43.3 Å². The topological polar surface area (TPSA) is 576 Å². The van der Waals surface area contributed by atoms with Gasteiger partial charge in [0.2, 0.25) is 76.8 Å². The van der Waals surface area contributed by atoms with Crippen LogP contribution in [0.5, 0.6) is 0 Å². The van der Waals surface area contributed by atoms with Crippen molar-refractivity contribution >= 4 is 121 Å². The number of carbonyl (C=O) groups excluding carboxylic acids is 14. The van der Waals surface area contributed by atoms with E-state index < -0.39 is 223 Å². The lowest BCUT2D eigenvalue weighted by Crippen LogP contribution is -2.63. The van der Waals surface area contributed by atoms with Crippen LogP contribution in [0.4, 0.5) is 4.39 Å². The standard InChI is InChI=1S/C78H98FN17O19S2/c1-42(81)66(102)83-38-62(101)84-58-40-116-117-41-59(78(114)115)92-73(109)57(39-97)91-76(112)64(44(3)99)94-70(106)53(34-46-19-9-5-10-20-46)89-75(111)63(43(2)98)93-71(107)54(36-48-26-28-50(79)29-27-48)90-77(113)65(96-32-30-49-23-13-14-25-60(49)96)95-72(108)55(35-47-21-11-6-12-22-47)87-68(104)52(33-45-17-7-4-8-18-45)86-69(105)56(37-61(82)100)88-67(103)51(85-74(58)110)24-15-16-31-80/h4-14,17-23,25-30,32,42-44,51-59,63-65,97-99H,15-16,24,31,33-41,80-81H2,1-3H3,(H2,82,100)(H,83,102)(H,84,101)(H,85,110)(H,86,105)(H,87,104)(H,88,103)(H,89,111)(H,90,113)(H,91,112)(H,92,109)(H,93,107)(H,94,106)(H,95,108)(H,114,115)/t42-,43?,44?,51-,52-,53-,54-,55-,56-,57-,58-,59-,63-,64-,65+/m0/s1. The van der Waals surface area contributed by atoms with Crippen molar-refractivity contribution < 1.29 is 96.7 Å². The molecular weight excluding hydrogens is 1560 g/mol. The van der Waals surface area contributed by atoms with E-state index in [1.165, 1.54) is 29.8 Å². The Kier molecular flexibility index (Phi) is 36.3. The molecule has 7 rings (SSSR count). The fourth-order valence-corrected chi connectivity index (χ4v) is 14.4. The van der Waals surface area contributed by atoms with Crippen molar-refractivity contribution in [1.82, 2.24) is 73.7 Å². The molecule has 1 aromatic heterocycles. The number of aromatic nitrogens is 1. The number of benzene rings is 5. The molecule has 0 aliphatic carbocycles. The zero-order valence-corrected chi connectivity index (χ0v) is 65.7. The maximum absolute atomic E-state index is 15.5. The van der Waals surface area contributed by atoms with E-state index in [4.69, 9.17) is 17.2 Å². The fourth-order valence-electron chi connectivity index (χ4n) is 12.1. The Labute approximate surface area is 679 Å². The van der Waals surface area contributed by atoms with Gasteiger partial charge in [-0.25, -0.2) is 9.18 Å². The smallest absolute Gasteiger partial charge is 0.327 e. The number of nitrogens with two attached hydrogens (primary N) is 3. The van der Waals surface area contributed by atoms with Crippen LogP contribution in [0.1, 0.15) is 74.9 Å². The van der Waals surface area contributed by atoms with E-state index in [1.807, 2.05) is 0 Å². The molecule has 0 radical (unpaired) electrons. The number of aliphatic carboxylic acids is 1. The molecule has 6 aromatic rings. The number of nitrogens with one attached hydrogen (secondary N) is 13. The van der Waals surface area contributed by atoms with Crippen molar-refractivity contribution in [3.63, 3.8) is 0 Å². The SMILES string of the molecule is CC(O)[C@@H]1NC(=O)[C@H](Cc2ccccc2)NC(=O)[C@H](C(C)O)NC(=O)[C@H](Cc2ccc(F)cc2)NC(=O)[C@@H](n2ccc3ccccc32)NC(=O)[C@H](Cc2ccccc2)NC(=O)[C@H](Cc2ccccc2)NC(=O)[C@H](CC(N)=O)NC(=O)[C@H](CCCCN)NC(=O)[C@@H](NC(=O)CNC(=O)[C@H](C)N)CSSC[C@@H](C(=O)O)NC(=O)[C@H](CO)NC1=O. The van der Waals surface area contributed by atoms with Crippen LogP contribution in [0.25, 0.3) is 10.9 Å². The van der Waals surface area contributed by atoms with Gasteiger partial charge in [0.1, 0.15) is 72.3 Å². The second-order valence-electron chi connectivity index (χ2n) is 27.7. The lowest BCUT2D eigenvalue weighted by Gasteiger charge is -2.30. The Morgan fingerprint density at radius 1 is 0.496 bits per heavy atom. The number of aliphatic hydroxyl groups is 3. The van der Waals surface area contributed by atoms with Crippen LogP contribution in [0.2, 0.25) is 0 Å². The number of carbonyl (C=O) groups is 15. The Morgan fingerprint density at radius 3 is 1.40 bits per heavy atom. The summed E-state index contributed by atoms with van der Waals surface area (Å²) >= 11 is 0. The maximum Gasteiger partial charge on any atom is 0.327 e. The number of rotatable bonds is 23. The van der Waals surface area contributed by atoms with E-state index in [2.05, 4.69) is 69.1 Å². The molecule has 1 aliphatic rings. The molecule has 628 valence electrons. The zero-order valence-electron chi connectivity index (χ0n) is 64.1. The van der Waals surface area contributed by atoms with Crippen LogP contribution in [0, 0.1) is 5.82 Å². The number of primary amides is 1. The van der Waals surface area contributed by atoms with Crippen LogP contribution in [-0.4, -0.2) is 230 Å². The molecule has 1 fully saturated rings. The maximum atomic E-state index is 15.5. The summed E-state index contributed by atoms with van der Waals surface area (Å²) in [5.41, 5.74) is 19.1. The van der Waals surface area contributed by atoms with Crippen LogP contribution >= 0.6 is 21.6 Å². The number of amides is 14. The average Bonchev–Trinajstić information content (AvgIpc) is 1.71. The van der Waals surface area contributed by atoms with Gasteiger partial charge in [-0.05, 0) is 98.5 Å². The number of para-hydroxylation sites is 1. The highest BCUT2D eigenvalue weighted by Crippen LogP contribution is 2.25. The van der Waals surface area contributed by atoms with E-state index in [0.717, 1.165) is 47.6 Å². The van der Waals surface area contributed by atoms with Gasteiger partial charge in [0, 0.05) is 43.4 Å². The second kappa shape index (κ2) is 46.0. The van der Waals surface area contributed by atoms with E-state index in [0.29, 0.717) is 27.6 Å². The minimum absolute atomic E-state index is 0.0934. The van der Waals surface area contributed by atoms with Crippen LogP contribution in [-0.2, 0) is 97.6 Å². The molecule has 0 spiro atoms. The monoisotopic (exact) mass is 1660 g/mol. The minimum atomic E-state index is -2.02. The summed E-state index contributed by atoms with van der Waals surface area (Å²) in [6.45, 7) is 1.65. The molecule has 23 N–H and O–H groups in total. The molecular formula is C78H98FN17O19S2. The summed E-state index contributed by atoms with van der Waals surface area (Å²) < 4.78 is 15.9. The van der Waals surface area contributed by atoms with Crippen molar-refractivity contribution in [3.8, 4) is 0 Å². The van der Waals surface area contributed by atoms with Crippen LogP contribution in [0.3, 0.4) is 0 Å². The number of hydrogen-bond donors (Lipinski definition) is 20. The van der Waals surface area contributed by atoms with Gasteiger partial charge in [0.25, 0.3) is 5.91 Å². The molecule has 5 aromatic carbocycles. The number of carboxylic acid groups (broad SMARTS) is 1. The lowest BCUT2D eigenvalue weighted by atomic mass is 10.0. The molecule has 14 amide bonds. The first-order valence-electron chi connectivity index (χ1n) is 37.3. The number of fused-ring (bicyclic) bond motifs is 1. The van der Waals surface area contributed by atoms with Gasteiger partial charge in [-0.1, -0.05) is 143 Å². The molecule has 2 unspecified atom stereocenters. The first-order chi connectivity index (χ1) is 55.8. The van der Waals surface area contributed by atoms with Crippen molar-refractivity contribution in [2.75, 3.05) is 31.2 Å². The van der Waals surface area contributed by atoms with Gasteiger partial charge < -0.3 is 111 Å². The summed E-state index contributed by atoms with van der Waals surface area (Å²) in [5, 5.41) is 75.8. The Balaban J connectivity index is 1.34. The van der Waals surface area contributed by atoms with E-state index in [1.54, 1.807) is 121 Å². The Bertz CT molecular complexity index is 4440. The molecule has 36 nitrogen and oxygen atoms in total. The normalized spacial score (nSPS) is 23.5. The third-order valence-electron chi connectivity index (χ3n) is 18.4. The van der Waals surface area contributed by atoms with Gasteiger partial charge in [-0.3, -0.25) is 67.1 Å². The summed E-state index contributed by atoms with van der Waals surface area (Å²) in [7, 11) is 1.47. The molecule has 0 bridgehead atoms. The molecule has 2 heterocycles. The predicted molar refractivity (Wildman–Crippen MR) is 427 cm³/mol. The van der Waals surface area contributed by atoms with Gasteiger partial charge in [0.15, 0.2) is 6.17 Å². The quantitative estimate of drug-likeness (QED) is 0.0218. The molecule has 0 saturated carbocycles. The zero-order chi connectivity index (χ0) is 85.4. The van der Waals surface area contributed by atoms with Gasteiger partial charge >= 0.3 is 5.97 Å². The van der Waals surface area contributed by atoms with Crippen LogP contribution in [0.15, 0.2) is 152 Å². The summed E-state index contributed by atoms with van der Waals surface area (Å²) in [6, 6.07) is 16.2. The molecule has 1 saturated heterocycles. The third kappa shape index (κ3) is 29.1. The Hall–Kier alpha value is -11.9. The van der Waals surface area contributed by atoms with Crippen LogP contribution < -0.4 is 86.3 Å². The predicted octanol–water partition coefficient (Wildman–Crippen LogP) is -3.60. The Morgan fingerprint density at radius 2 is 0.915 bits per heavy atom. The van der Waals surface area contributed by atoms with Gasteiger partial charge in [-0.2, -0.15) is 0 Å². The number of carboxylic acids is 1. The van der Waals surface area contributed by atoms with Gasteiger partial charge in [-0.15, -0.1) is 0 Å². The van der Waals surface area contributed by atoms with Crippen molar-refractivity contribution in [2.45, 2.75) is 163 Å². The summed E-state index contributed by atoms with van der Waals surface area (Å²) in [5.74, 6) is -19.1. The van der Waals surface area contributed by atoms with E-state index in [9.17, 15) is 77.6 Å². The fraction of sp³-hybridized carbons (Fsp3) is 0.397. The molecule has 117 heavy (non-hydrogen) atoms. The molecule has 1 aliphatic heterocycles. The highest BCUT2D eigenvalue weighted by molar-refractivity contribution is 8.76. The van der Waals surface area contributed by atoms with E-state index >= 15 is 19.2 Å². The minimum Gasteiger partial charge on any atom is -0.480 e. The highest BCUT2D eigenvalue weighted by Gasteiger charge is 2.40. The van der Waals surface area contributed by atoms with Crippen molar-refractivity contribution in [3.05, 3.63) is 180 Å². The lowest BCUT2D eigenvalue weighted by molar-refractivity contribution is -0.142. The van der Waals surface area contributed by atoms with Crippen molar-refractivity contribution in [2.24, 2.45) is 17.2 Å². The number of nitrogens with zero attached hydrogens (tertiary/aromatic N) is 1. The second-order valence-corrected chi connectivity index (χ2v) is 30.3. The number of aliphatic hydroxyl groups excluding tert-OH is 3. The molecule has 15 atom stereocenters. The summed E-state index contributed by atoms with van der Waals surface area (Å²) in [6.07, 6.45) is -6.31. The third-order valence-corrected chi connectivity index (χ3v) is 20.8. The first kappa shape index (κ1) is 92.3. The number of halogens is 1. The average molecular weight is 1660 g/mol. The molecule has 39 heteroatoms. The highest BCUT2D eigenvalue weighted by atomic mass is 33.1. The first-order valence-corrected chi connectivity index (χ1v) is 39.8.